The molecule has 0 spiro atoms. The molecule has 0 bridgehead atoms. The molecule has 0 aromatic carbocycles. The van der Waals surface area contributed by atoms with Crippen molar-refractivity contribution in [1.29, 1.82) is 0 Å². The number of unbranched alkanes of at least 4 members (excludes halogenated alkanes) is 37. The van der Waals surface area contributed by atoms with E-state index in [2.05, 4.69) is 81.5 Å². The van der Waals surface area contributed by atoms with Gasteiger partial charge in [0.2, 0.25) is 0 Å². The van der Waals surface area contributed by atoms with Gasteiger partial charge in [0, 0.05) is 19.3 Å². The van der Waals surface area contributed by atoms with Gasteiger partial charge in [-0.1, -0.05) is 306 Å². The molecule has 1 unspecified atom stereocenters. The van der Waals surface area contributed by atoms with Crippen LogP contribution in [0.5, 0.6) is 0 Å². The number of carbonyl (C=O) groups excluding carboxylic acids is 3. The number of esters is 3. The minimum Gasteiger partial charge on any atom is -0.462 e. The van der Waals surface area contributed by atoms with Crippen LogP contribution in [0.25, 0.3) is 0 Å². The zero-order chi connectivity index (χ0) is 52.9. The first-order chi connectivity index (χ1) is 36.0. The lowest BCUT2D eigenvalue weighted by molar-refractivity contribution is -0.167. The van der Waals surface area contributed by atoms with Crippen molar-refractivity contribution in [3.63, 3.8) is 0 Å². The summed E-state index contributed by atoms with van der Waals surface area (Å²) in [7, 11) is 0. The zero-order valence-corrected chi connectivity index (χ0v) is 48.7. The lowest BCUT2D eigenvalue weighted by atomic mass is 10.0. The standard InChI is InChI=1S/C67H120O6/c1-4-7-10-13-16-19-22-25-28-30-32-33-35-36-39-42-45-48-51-54-57-60-66(69)72-63-64(62-71-65(68)59-56-53-50-47-44-41-38-27-24-21-18-15-12-9-6-3)73-67(70)61-58-55-52-49-46-43-40-37-34-31-29-26-23-20-17-14-11-8-5-2/h8,11,17,20,26,29,34,37,43,46,64H,4-7,9-10,12-16,18-19,21-25,27-28,30-33,35-36,38-42,44-45,47-63H2,1-3H3/b11-8-,20-17-,29-26-,37-34-,46-43-. The van der Waals surface area contributed by atoms with Crippen molar-refractivity contribution in [2.45, 2.75) is 335 Å². The van der Waals surface area contributed by atoms with Crippen LogP contribution in [0.3, 0.4) is 0 Å². The Kier molecular flexibility index (Phi) is 59.2. The summed E-state index contributed by atoms with van der Waals surface area (Å²) < 4.78 is 16.9. The Morgan fingerprint density at radius 1 is 0.288 bits per heavy atom. The molecule has 0 rings (SSSR count). The third kappa shape index (κ3) is 59.9. The normalized spacial score (nSPS) is 12.4. The summed E-state index contributed by atoms with van der Waals surface area (Å²) in [5.41, 5.74) is 0. The highest BCUT2D eigenvalue weighted by Crippen LogP contribution is 2.17. The van der Waals surface area contributed by atoms with E-state index in [9.17, 15) is 14.4 Å². The van der Waals surface area contributed by atoms with Gasteiger partial charge in [0.15, 0.2) is 6.10 Å². The molecule has 6 nitrogen and oxygen atoms in total. The Labute approximate surface area is 453 Å². The molecule has 1 atom stereocenters. The van der Waals surface area contributed by atoms with E-state index in [4.69, 9.17) is 14.2 Å². The molecule has 424 valence electrons. The number of ether oxygens (including phenoxy) is 3. The minimum absolute atomic E-state index is 0.0832. The van der Waals surface area contributed by atoms with Gasteiger partial charge in [0.05, 0.1) is 0 Å². The fourth-order valence-electron chi connectivity index (χ4n) is 9.30. The maximum Gasteiger partial charge on any atom is 0.306 e. The highest BCUT2D eigenvalue weighted by atomic mass is 16.6. The molecule has 0 N–H and O–H groups in total. The summed E-state index contributed by atoms with van der Waals surface area (Å²) in [6.45, 7) is 6.55. The SMILES string of the molecule is CC/C=C\C/C=C\C/C=C\C/C=C\C/C=C\CCCCCC(=O)OC(COC(=O)CCCCCCCCCCCCCCCCC)COC(=O)CCCCCCCCCCCCCCCCCCCCCCC. The summed E-state index contributed by atoms with van der Waals surface area (Å²) in [5.74, 6) is -0.895. The third-order valence-corrected chi connectivity index (χ3v) is 14.0. The number of rotatable bonds is 58. The highest BCUT2D eigenvalue weighted by Gasteiger charge is 2.19. The number of hydrogen-bond acceptors (Lipinski definition) is 6. The van der Waals surface area contributed by atoms with Crippen molar-refractivity contribution in [2.24, 2.45) is 0 Å². The van der Waals surface area contributed by atoms with E-state index >= 15 is 0 Å². The van der Waals surface area contributed by atoms with Crippen molar-refractivity contribution in [1.82, 2.24) is 0 Å². The molecule has 0 fully saturated rings. The molecule has 0 saturated heterocycles. The second-order valence-electron chi connectivity index (χ2n) is 21.3. The number of allylic oxidation sites excluding steroid dienone is 10. The molecule has 0 amide bonds. The zero-order valence-electron chi connectivity index (χ0n) is 48.7. The largest absolute Gasteiger partial charge is 0.462 e. The van der Waals surface area contributed by atoms with Gasteiger partial charge in [-0.2, -0.15) is 0 Å². The Bertz CT molecular complexity index is 1310. The molecule has 6 heteroatoms. The van der Waals surface area contributed by atoms with Gasteiger partial charge in [0.25, 0.3) is 0 Å². The van der Waals surface area contributed by atoms with Crippen molar-refractivity contribution in [3.8, 4) is 0 Å². The highest BCUT2D eigenvalue weighted by molar-refractivity contribution is 5.71. The first-order valence-electron chi connectivity index (χ1n) is 31.8. The lowest BCUT2D eigenvalue weighted by Crippen LogP contribution is -2.30. The van der Waals surface area contributed by atoms with Gasteiger partial charge in [-0.25, -0.2) is 0 Å². The van der Waals surface area contributed by atoms with Crippen LogP contribution in [0.2, 0.25) is 0 Å². The molecule has 73 heavy (non-hydrogen) atoms. The van der Waals surface area contributed by atoms with Crippen LogP contribution in [-0.2, 0) is 28.6 Å². The minimum atomic E-state index is -0.789. The molecular weight excluding hydrogens is 901 g/mol. The van der Waals surface area contributed by atoms with Gasteiger partial charge < -0.3 is 14.2 Å². The third-order valence-electron chi connectivity index (χ3n) is 14.0. The van der Waals surface area contributed by atoms with Crippen LogP contribution in [-0.4, -0.2) is 37.2 Å². The molecular formula is C67H120O6. The average molecular weight is 1020 g/mol. The predicted molar refractivity (Wildman–Crippen MR) is 316 cm³/mol. The van der Waals surface area contributed by atoms with Gasteiger partial charge in [-0.3, -0.25) is 14.4 Å². The van der Waals surface area contributed by atoms with Crippen molar-refractivity contribution in [3.05, 3.63) is 60.8 Å². The summed E-state index contributed by atoms with van der Waals surface area (Å²) >= 11 is 0. The fourth-order valence-corrected chi connectivity index (χ4v) is 9.30. The Balaban J connectivity index is 4.37. The first-order valence-corrected chi connectivity index (χ1v) is 31.8. The Morgan fingerprint density at radius 3 is 0.836 bits per heavy atom. The Hall–Kier alpha value is -2.89. The van der Waals surface area contributed by atoms with E-state index in [0.717, 1.165) is 96.3 Å². The van der Waals surface area contributed by atoms with Crippen LogP contribution >= 0.6 is 0 Å². The Morgan fingerprint density at radius 2 is 0.534 bits per heavy atom. The van der Waals surface area contributed by atoms with Gasteiger partial charge in [-0.05, 0) is 64.2 Å². The molecule has 0 aliphatic rings. The summed E-state index contributed by atoms with van der Waals surface area (Å²) in [4.78, 5) is 38.3. The van der Waals surface area contributed by atoms with Gasteiger partial charge in [0.1, 0.15) is 13.2 Å². The van der Waals surface area contributed by atoms with Crippen LogP contribution in [0.1, 0.15) is 329 Å². The maximum atomic E-state index is 12.9. The lowest BCUT2D eigenvalue weighted by Gasteiger charge is -2.18. The van der Waals surface area contributed by atoms with Gasteiger partial charge >= 0.3 is 17.9 Å². The summed E-state index contributed by atoms with van der Waals surface area (Å²) in [5, 5.41) is 0. The molecule has 0 heterocycles. The van der Waals surface area contributed by atoms with Crippen LogP contribution in [0.4, 0.5) is 0 Å². The van der Waals surface area contributed by atoms with E-state index in [1.165, 1.54) is 193 Å². The average Bonchev–Trinajstić information content (AvgIpc) is 3.39. The van der Waals surface area contributed by atoms with Crippen molar-refractivity contribution < 1.29 is 28.6 Å². The van der Waals surface area contributed by atoms with Crippen LogP contribution < -0.4 is 0 Å². The fraction of sp³-hybridized carbons (Fsp3) is 0.806. The summed E-state index contributed by atoms with van der Waals surface area (Å²) in [6, 6.07) is 0. The molecule has 0 aromatic rings. The predicted octanol–water partition coefficient (Wildman–Crippen LogP) is 21.6. The van der Waals surface area contributed by atoms with Crippen molar-refractivity contribution in [2.75, 3.05) is 13.2 Å². The molecule has 0 radical (unpaired) electrons. The molecule has 0 saturated carbocycles. The van der Waals surface area contributed by atoms with Crippen LogP contribution in [0, 0.1) is 0 Å². The van der Waals surface area contributed by atoms with Crippen LogP contribution in [0.15, 0.2) is 60.8 Å². The number of carbonyl (C=O) groups is 3. The molecule has 0 aliphatic carbocycles. The first kappa shape index (κ1) is 70.1. The van der Waals surface area contributed by atoms with E-state index in [0.29, 0.717) is 19.3 Å². The van der Waals surface area contributed by atoms with Crippen molar-refractivity contribution >= 4 is 17.9 Å². The number of hydrogen-bond donors (Lipinski definition) is 0. The van der Waals surface area contributed by atoms with E-state index in [1.807, 2.05) is 0 Å². The maximum absolute atomic E-state index is 12.9. The van der Waals surface area contributed by atoms with Gasteiger partial charge in [-0.15, -0.1) is 0 Å². The molecule has 0 aliphatic heterocycles. The smallest absolute Gasteiger partial charge is 0.306 e. The van der Waals surface area contributed by atoms with E-state index < -0.39 is 6.10 Å². The molecule has 0 aromatic heterocycles. The second kappa shape index (κ2) is 61.7. The second-order valence-corrected chi connectivity index (χ2v) is 21.3. The topological polar surface area (TPSA) is 78.9 Å². The van der Waals surface area contributed by atoms with E-state index in [-0.39, 0.29) is 31.1 Å². The monoisotopic (exact) mass is 1020 g/mol. The van der Waals surface area contributed by atoms with E-state index in [1.54, 1.807) is 0 Å². The summed E-state index contributed by atoms with van der Waals surface area (Å²) in [6.07, 6.45) is 78.0. The quantitative estimate of drug-likeness (QED) is 0.0261.